The molecule has 1 aromatic carbocycles. The molecular weight excluding hydrogens is 238 g/mol. The highest BCUT2D eigenvalue weighted by Gasteiger charge is 2.04. The molecule has 0 aliphatic heterocycles. The summed E-state index contributed by atoms with van der Waals surface area (Å²) >= 11 is 0. The number of nitrogens with one attached hydrogen (secondary N) is 2. The molecule has 0 amide bonds. The quantitative estimate of drug-likeness (QED) is 0.885. The Balaban J connectivity index is 2.11. The molecule has 0 radical (unpaired) electrons. The lowest BCUT2D eigenvalue weighted by atomic mass is 10.1. The maximum Gasteiger partial charge on any atom is 0.252 e. The maximum absolute atomic E-state index is 11.5. The Kier molecular flexibility index (Phi) is 4.00. The Morgan fingerprint density at radius 3 is 2.58 bits per heavy atom. The first-order chi connectivity index (χ1) is 9.04. The summed E-state index contributed by atoms with van der Waals surface area (Å²) in [5, 5.41) is 3.19. The predicted octanol–water partition coefficient (Wildman–Crippen LogP) is 2.81. The number of H-pyrrole nitrogens is 1. The van der Waals surface area contributed by atoms with Crippen LogP contribution in [-0.2, 0) is 6.54 Å². The number of aromatic nitrogens is 2. The predicted molar refractivity (Wildman–Crippen MR) is 77.5 cm³/mol. The van der Waals surface area contributed by atoms with E-state index in [1.165, 1.54) is 17.2 Å². The van der Waals surface area contributed by atoms with E-state index >= 15 is 0 Å². The van der Waals surface area contributed by atoms with Crippen LogP contribution in [0.4, 0.5) is 5.82 Å². The number of anilines is 1. The second kappa shape index (κ2) is 5.69. The number of rotatable bonds is 4. The maximum atomic E-state index is 11.5. The summed E-state index contributed by atoms with van der Waals surface area (Å²) in [5.41, 5.74) is 2.28. The zero-order chi connectivity index (χ0) is 13.8. The van der Waals surface area contributed by atoms with Crippen LogP contribution in [0.3, 0.4) is 0 Å². The third-order valence-corrected chi connectivity index (χ3v) is 2.90. The fourth-order valence-electron chi connectivity index (χ4n) is 1.74. The molecule has 0 saturated carbocycles. The third kappa shape index (κ3) is 3.68. The van der Waals surface area contributed by atoms with Gasteiger partial charge in [0.15, 0.2) is 0 Å². The Hall–Kier alpha value is -2.10. The van der Waals surface area contributed by atoms with Crippen molar-refractivity contribution >= 4 is 5.82 Å². The Morgan fingerprint density at radius 1 is 1.26 bits per heavy atom. The summed E-state index contributed by atoms with van der Waals surface area (Å²) in [6, 6.07) is 9.77. The average Bonchev–Trinajstić information content (AvgIpc) is 2.37. The first-order valence-electron chi connectivity index (χ1n) is 6.45. The molecule has 2 aromatic rings. The summed E-state index contributed by atoms with van der Waals surface area (Å²) in [4.78, 5) is 18.7. The van der Waals surface area contributed by atoms with Crippen LogP contribution in [0, 0.1) is 6.92 Å². The van der Waals surface area contributed by atoms with E-state index in [1.807, 2.05) is 13.8 Å². The molecule has 4 heteroatoms. The summed E-state index contributed by atoms with van der Waals surface area (Å²) in [5.74, 6) is 1.53. The molecule has 0 saturated heterocycles. The lowest BCUT2D eigenvalue weighted by Gasteiger charge is -2.09. The molecule has 0 bridgehead atoms. The minimum atomic E-state index is -0.120. The fourth-order valence-corrected chi connectivity index (χ4v) is 1.74. The van der Waals surface area contributed by atoms with Crippen LogP contribution in [-0.4, -0.2) is 9.97 Å². The summed E-state index contributed by atoms with van der Waals surface area (Å²) in [6.07, 6.45) is 0. The Bertz CT molecular complexity index is 600. The van der Waals surface area contributed by atoms with E-state index in [4.69, 9.17) is 0 Å². The van der Waals surface area contributed by atoms with Crippen molar-refractivity contribution < 1.29 is 0 Å². The van der Waals surface area contributed by atoms with E-state index in [-0.39, 0.29) is 11.5 Å². The first kappa shape index (κ1) is 13.3. The Labute approximate surface area is 112 Å². The third-order valence-electron chi connectivity index (χ3n) is 2.90. The lowest BCUT2D eigenvalue weighted by Crippen LogP contribution is -2.14. The first-order valence-corrected chi connectivity index (χ1v) is 6.45. The SMILES string of the molecule is Cc1ccc(CNc2cc(=O)[nH]c(C(C)C)n2)cc1. The molecule has 1 heterocycles. The Morgan fingerprint density at radius 2 is 1.95 bits per heavy atom. The highest BCUT2D eigenvalue weighted by Crippen LogP contribution is 2.10. The number of nitrogens with zero attached hydrogens (tertiary/aromatic N) is 1. The average molecular weight is 257 g/mol. The van der Waals surface area contributed by atoms with Crippen LogP contribution < -0.4 is 10.9 Å². The van der Waals surface area contributed by atoms with Gasteiger partial charge in [-0.1, -0.05) is 43.7 Å². The number of aromatic amines is 1. The standard InChI is InChI=1S/C15H19N3O/c1-10(2)15-17-13(8-14(19)18-15)16-9-12-6-4-11(3)5-7-12/h4-8,10H,9H2,1-3H3,(H2,16,17,18,19). The molecular formula is C15H19N3O. The van der Waals surface area contributed by atoms with Gasteiger partial charge in [-0.2, -0.15) is 0 Å². The van der Waals surface area contributed by atoms with Gasteiger partial charge >= 0.3 is 0 Å². The van der Waals surface area contributed by atoms with Gasteiger partial charge in [0.1, 0.15) is 11.6 Å². The van der Waals surface area contributed by atoms with E-state index in [0.717, 1.165) is 0 Å². The molecule has 19 heavy (non-hydrogen) atoms. The fraction of sp³-hybridized carbons (Fsp3) is 0.333. The van der Waals surface area contributed by atoms with Crippen molar-refractivity contribution in [2.45, 2.75) is 33.2 Å². The minimum Gasteiger partial charge on any atom is -0.366 e. The number of hydrogen-bond acceptors (Lipinski definition) is 3. The van der Waals surface area contributed by atoms with Gasteiger partial charge in [-0.25, -0.2) is 4.98 Å². The number of hydrogen-bond donors (Lipinski definition) is 2. The minimum absolute atomic E-state index is 0.120. The molecule has 2 rings (SSSR count). The second-order valence-electron chi connectivity index (χ2n) is 5.01. The normalized spacial score (nSPS) is 10.7. The van der Waals surface area contributed by atoms with E-state index in [9.17, 15) is 4.79 Å². The van der Waals surface area contributed by atoms with Gasteiger partial charge in [0, 0.05) is 18.5 Å². The molecule has 0 spiro atoms. The summed E-state index contributed by atoms with van der Waals surface area (Å²) < 4.78 is 0. The van der Waals surface area contributed by atoms with Crippen molar-refractivity contribution in [1.82, 2.24) is 9.97 Å². The molecule has 0 unspecified atom stereocenters. The van der Waals surface area contributed by atoms with Crippen molar-refractivity contribution in [2.75, 3.05) is 5.32 Å². The van der Waals surface area contributed by atoms with Crippen molar-refractivity contribution in [1.29, 1.82) is 0 Å². The zero-order valence-corrected chi connectivity index (χ0v) is 11.5. The van der Waals surface area contributed by atoms with E-state index in [1.54, 1.807) is 0 Å². The van der Waals surface area contributed by atoms with E-state index in [0.29, 0.717) is 18.2 Å². The van der Waals surface area contributed by atoms with Crippen LogP contribution in [0.2, 0.25) is 0 Å². The molecule has 4 nitrogen and oxygen atoms in total. The smallest absolute Gasteiger partial charge is 0.252 e. The van der Waals surface area contributed by atoms with Gasteiger partial charge in [-0.3, -0.25) is 4.79 Å². The largest absolute Gasteiger partial charge is 0.366 e. The number of benzene rings is 1. The van der Waals surface area contributed by atoms with Crippen molar-refractivity contribution in [3.8, 4) is 0 Å². The van der Waals surface area contributed by atoms with Crippen molar-refractivity contribution in [3.05, 3.63) is 57.6 Å². The van der Waals surface area contributed by atoms with Gasteiger partial charge in [-0.15, -0.1) is 0 Å². The summed E-state index contributed by atoms with van der Waals surface area (Å²) in [6.45, 7) is 6.72. The van der Waals surface area contributed by atoms with Gasteiger partial charge in [0.05, 0.1) is 0 Å². The van der Waals surface area contributed by atoms with Gasteiger partial charge in [0.2, 0.25) is 0 Å². The van der Waals surface area contributed by atoms with Gasteiger partial charge < -0.3 is 10.3 Å². The van der Waals surface area contributed by atoms with E-state index < -0.39 is 0 Å². The van der Waals surface area contributed by atoms with Crippen LogP contribution >= 0.6 is 0 Å². The van der Waals surface area contributed by atoms with Crippen molar-refractivity contribution in [2.24, 2.45) is 0 Å². The highest BCUT2D eigenvalue weighted by atomic mass is 16.1. The van der Waals surface area contributed by atoms with Gasteiger partial charge in [-0.05, 0) is 12.5 Å². The van der Waals surface area contributed by atoms with Crippen LogP contribution in [0.5, 0.6) is 0 Å². The monoisotopic (exact) mass is 257 g/mol. The number of aryl methyl sites for hydroxylation is 1. The molecule has 0 atom stereocenters. The van der Waals surface area contributed by atoms with Crippen LogP contribution in [0.25, 0.3) is 0 Å². The second-order valence-corrected chi connectivity index (χ2v) is 5.01. The zero-order valence-electron chi connectivity index (χ0n) is 11.5. The topological polar surface area (TPSA) is 57.8 Å². The highest BCUT2D eigenvalue weighted by molar-refractivity contribution is 5.35. The van der Waals surface area contributed by atoms with Crippen LogP contribution in [0.15, 0.2) is 35.1 Å². The molecule has 100 valence electrons. The van der Waals surface area contributed by atoms with Gasteiger partial charge in [0.25, 0.3) is 5.56 Å². The van der Waals surface area contributed by atoms with E-state index in [2.05, 4.69) is 46.5 Å². The molecule has 2 N–H and O–H groups in total. The van der Waals surface area contributed by atoms with Crippen LogP contribution in [0.1, 0.15) is 36.7 Å². The summed E-state index contributed by atoms with van der Waals surface area (Å²) in [7, 11) is 0. The van der Waals surface area contributed by atoms with Crippen molar-refractivity contribution in [3.63, 3.8) is 0 Å². The molecule has 0 aliphatic rings. The lowest BCUT2D eigenvalue weighted by molar-refractivity contribution is 0.766. The molecule has 0 aliphatic carbocycles. The molecule has 0 fully saturated rings. The molecule has 1 aromatic heterocycles.